The average Bonchev–Trinajstić information content (AvgIpc) is 2.69. The highest BCUT2D eigenvalue weighted by Crippen LogP contribution is 2.20. The Morgan fingerprint density at radius 1 is 0.935 bits per heavy atom. The molecule has 0 bridgehead atoms. The Hall–Kier alpha value is -2.91. The number of aryl methyl sites for hydroxylation is 3. The number of thioether (sulfide) groups is 1. The van der Waals surface area contributed by atoms with E-state index in [4.69, 9.17) is 0 Å². The molecule has 0 unspecified atom stereocenters. The molecular formula is C22H24N4O3S2. The monoisotopic (exact) mass is 456 g/mol. The van der Waals surface area contributed by atoms with E-state index >= 15 is 0 Å². The summed E-state index contributed by atoms with van der Waals surface area (Å²) in [5.74, 6) is 0.555. The van der Waals surface area contributed by atoms with Crippen LogP contribution in [0.25, 0.3) is 0 Å². The Kier molecular flexibility index (Phi) is 7.29. The van der Waals surface area contributed by atoms with Gasteiger partial charge in [0.25, 0.3) is 10.0 Å². The molecule has 3 rings (SSSR count). The average molecular weight is 457 g/mol. The first-order chi connectivity index (χ1) is 14.7. The van der Waals surface area contributed by atoms with Crippen molar-refractivity contribution in [3.63, 3.8) is 0 Å². The zero-order valence-corrected chi connectivity index (χ0v) is 19.2. The van der Waals surface area contributed by atoms with Gasteiger partial charge in [0, 0.05) is 34.1 Å². The summed E-state index contributed by atoms with van der Waals surface area (Å²) in [7, 11) is -3.83. The summed E-state index contributed by atoms with van der Waals surface area (Å²) in [6, 6.07) is 15.9. The van der Waals surface area contributed by atoms with Crippen LogP contribution in [-0.2, 0) is 14.8 Å². The number of carbonyl (C=O) groups is 1. The van der Waals surface area contributed by atoms with Gasteiger partial charge in [-0.1, -0.05) is 17.7 Å². The van der Waals surface area contributed by atoms with E-state index in [9.17, 15) is 13.2 Å². The normalized spacial score (nSPS) is 11.2. The highest BCUT2D eigenvalue weighted by Gasteiger charge is 2.16. The molecule has 31 heavy (non-hydrogen) atoms. The first kappa shape index (κ1) is 22.8. The number of aromatic nitrogens is 2. The largest absolute Gasteiger partial charge is 0.326 e. The van der Waals surface area contributed by atoms with Crippen LogP contribution >= 0.6 is 11.8 Å². The number of benzene rings is 2. The molecule has 1 heterocycles. The van der Waals surface area contributed by atoms with Gasteiger partial charge in [-0.15, -0.1) is 11.8 Å². The molecule has 0 fully saturated rings. The molecule has 1 amide bonds. The fourth-order valence-corrected chi connectivity index (χ4v) is 4.58. The standard InChI is InChI=1S/C22H24N4O3S2/c1-15-4-8-19(9-5-15)30-13-12-21(27)25-18-6-10-20(11-7-18)31(28,29)26-22-23-16(2)14-17(3)24-22/h4-11,14H,12-13H2,1-3H3,(H,25,27)(H,23,24,26). The molecule has 3 aromatic rings. The fraction of sp³-hybridized carbons (Fsp3) is 0.227. The lowest BCUT2D eigenvalue weighted by atomic mass is 10.2. The van der Waals surface area contributed by atoms with E-state index in [1.165, 1.54) is 17.7 Å². The second-order valence-corrected chi connectivity index (χ2v) is 9.91. The number of carbonyl (C=O) groups excluding carboxylic acids is 1. The van der Waals surface area contributed by atoms with Crippen LogP contribution in [0.3, 0.4) is 0 Å². The predicted molar refractivity (Wildman–Crippen MR) is 124 cm³/mol. The molecule has 0 radical (unpaired) electrons. The molecule has 0 aliphatic heterocycles. The zero-order valence-electron chi connectivity index (χ0n) is 17.5. The van der Waals surface area contributed by atoms with Gasteiger partial charge in [-0.2, -0.15) is 0 Å². The maximum absolute atomic E-state index is 12.6. The quantitative estimate of drug-likeness (QED) is 0.490. The molecule has 0 aliphatic carbocycles. The Morgan fingerprint density at radius 2 is 1.55 bits per heavy atom. The molecule has 1 aromatic heterocycles. The van der Waals surface area contributed by atoms with Crippen LogP contribution in [0.1, 0.15) is 23.4 Å². The molecule has 0 aliphatic rings. The summed E-state index contributed by atoms with van der Waals surface area (Å²) in [4.78, 5) is 21.5. The minimum Gasteiger partial charge on any atom is -0.326 e. The van der Waals surface area contributed by atoms with Gasteiger partial charge >= 0.3 is 0 Å². The first-order valence-electron chi connectivity index (χ1n) is 9.66. The number of hydrogen-bond acceptors (Lipinski definition) is 6. The maximum atomic E-state index is 12.6. The lowest BCUT2D eigenvalue weighted by Crippen LogP contribution is -2.16. The van der Waals surface area contributed by atoms with Gasteiger partial charge in [0.1, 0.15) is 0 Å². The summed E-state index contributed by atoms with van der Waals surface area (Å²) in [6.45, 7) is 5.57. The third-order valence-corrected chi connectivity index (χ3v) is 6.63. The molecule has 2 N–H and O–H groups in total. The van der Waals surface area contributed by atoms with E-state index in [0.29, 0.717) is 29.2 Å². The maximum Gasteiger partial charge on any atom is 0.264 e. The van der Waals surface area contributed by atoms with Gasteiger partial charge < -0.3 is 5.32 Å². The van der Waals surface area contributed by atoms with Gasteiger partial charge in [0.2, 0.25) is 11.9 Å². The molecule has 0 atom stereocenters. The molecule has 0 spiro atoms. The van der Waals surface area contributed by atoms with E-state index in [2.05, 4.69) is 20.0 Å². The lowest BCUT2D eigenvalue weighted by Gasteiger charge is -2.09. The van der Waals surface area contributed by atoms with Crippen molar-refractivity contribution in [3.8, 4) is 0 Å². The zero-order chi connectivity index (χ0) is 22.4. The predicted octanol–water partition coefficient (Wildman–Crippen LogP) is 4.32. The van der Waals surface area contributed by atoms with Crippen molar-refractivity contribution >= 4 is 39.3 Å². The summed E-state index contributed by atoms with van der Waals surface area (Å²) in [5, 5.41) is 2.79. The van der Waals surface area contributed by atoms with Gasteiger partial charge in [0.05, 0.1) is 4.90 Å². The second-order valence-electron chi connectivity index (χ2n) is 7.06. The van der Waals surface area contributed by atoms with Crippen LogP contribution in [0.4, 0.5) is 11.6 Å². The molecule has 0 saturated carbocycles. The van der Waals surface area contributed by atoms with Crippen LogP contribution < -0.4 is 10.0 Å². The molecule has 7 nitrogen and oxygen atoms in total. The van der Waals surface area contributed by atoms with E-state index in [0.717, 1.165) is 4.90 Å². The van der Waals surface area contributed by atoms with Crippen molar-refractivity contribution in [2.24, 2.45) is 0 Å². The van der Waals surface area contributed by atoms with E-state index in [1.54, 1.807) is 43.8 Å². The van der Waals surface area contributed by atoms with Crippen molar-refractivity contribution in [2.75, 3.05) is 15.8 Å². The SMILES string of the molecule is Cc1ccc(SCCC(=O)Nc2ccc(S(=O)(=O)Nc3nc(C)cc(C)n3)cc2)cc1. The van der Waals surface area contributed by atoms with Gasteiger partial charge in [-0.3, -0.25) is 4.79 Å². The Bertz CT molecular complexity index is 1140. The summed E-state index contributed by atoms with van der Waals surface area (Å²) >= 11 is 1.62. The van der Waals surface area contributed by atoms with E-state index in [-0.39, 0.29) is 16.8 Å². The molecule has 9 heteroatoms. The highest BCUT2D eigenvalue weighted by atomic mass is 32.2. The number of nitrogens with one attached hydrogen (secondary N) is 2. The van der Waals surface area contributed by atoms with Crippen molar-refractivity contribution in [3.05, 3.63) is 71.5 Å². The summed E-state index contributed by atoms with van der Waals surface area (Å²) < 4.78 is 27.5. The van der Waals surface area contributed by atoms with Crippen LogP contribution in [0, 0.1) is 20.8 Å². The summed E-state index contributed by atoms with van der Waals surface area (Å²) in [6.07, 6.45) is 0.351. The Balaban J connectivity index is 1.55. The van der Waals surface area contributed by atoms with Crippen molar-refractivity contribution in [1.82, 2.24) is 9.97 Å². The summed E-state index contributed by atoms with van der Waals surface area (Å²) in [5.41, 5.74) is 3.07. The minimum atomic E-state index is -3.83. The van der Waals surface area contributed by atoms with E-state index in [1.807, 2.05) is 31.2 Å². The van der Waals surface area contributed by atoms with Crippen molar-refractivity contribution in [1.29, 1.82) is 0 Å². The molecule has 2 aromatic carbocycles. The van der Waals surface area contributed by atoms with Crippen LogP contribution in [0.2, 0.25) is 0 Å². The van der Waals surface area contributed by atoms with Crippen LogP contribution in [0.15, 0.2) is 64.4 Å². The van der Waals surface area contributed by atoms with Gasteiger partial charge in [0.15, 0.2) is 0 Å². The second kappa shape index (κ2) is 9.93. The van der Waals surface area contributed by atoms with Gasteiger partial charge in [-0.05, 0) is 63.2 Å². The number of sulfonamides is 1. The Labute approximate surface area is 186 Å². The number of amides is 1. The lowest BCUT2D eigenvalue weighted by molar-refractivity contribution is -0.115. The molecule has 162 valence electrons. The third kappa shape index (κ3) is 6.80. The minimum absolute atomic E-state index is 0.0287. The Morgan fingerprint density at radius 3 is 2.16 bits per heavy atom. The highest BCUT2D eigenvalue weighted by molar-refractivity contribution is 7.99. The number of nitrogens with zero attached hydrogens (tertiary/aromatic N) is 2. The molecular weight excluding hydrogens is 432 g/mol. The smallest absolute Gasteiger partial charge is 0.264 e. The number of anilines is 2. The van der Waals surface area contributed by atoms with Crippen LogP contribution in [-0.4, -0.2) is 30.0 Å². The first-order valence-corrected chi connectivity index (χ1v) is 12.1. The topological polar surface area (TPSA) is 101 Å². The van der Waals surface area contributed by atoms with Crippen LogP contribution in [0.5, 0.6) is 0 Å². The number of rotatable bonds is 8. The van der Waals surface area contributed by atoms with E-state index < -0.39 is 10.0 Å². The fourth-order valence-electron chi connectivity index (χ4n) is 2.79. The third-order valence-electron chi connectivity index (χ3n) is 4.28. The molecule has 0 saturated heterocycles. The number of hydrogen-bond donors (Lipinski definition) is 2. The van der Waals surface area contributed by atoms with Crippen molar-refractivity contribution in [2.45, 2.75) is 37.0 Å². The van der Waals surface area contributed by atoms with Crippen molar-refractivity contribution < 1.29 is 13.2 Å². The van der Waals surface area contributed by atoms with Gasteiger partial charge in [-0.25, -0.2) is 23.1 Å².